The molecule has 0 N–H and O–H groups in total. The smallest absolute Gasteiger partial charge is 0.273 e. The molecular formula is C9H6ClNO5. The number of hydrogen-bond donors (Lipinski definition) is 0. The van der Waals surface area contributed by atoms with Crippen LogP contribution < -0.4 is 4.74 Å². The van der Waals surface area contributed by atoms with Gasteiger partial charge in [0.25, 0.3) is 10.9 Å². The number of halogens is 1. The molecule has 0 bridgehead atoms. The van der Waals surface area contributed by atoms with Crippen LogP contribution in [0.1, 0.15) is 20.7 Å². The topological polar surface area (TPSA) is 86.5 Å². The van der Waals surface area contributed by atoms with Crippen molar-refractivity contribution < 1.29 is 19.2 Å². The average Bonchev–Trinajstić information content (AvgIpc) is 2.26. The van der Waals surface area contributed by atoms with Gasteiger partial charge >= 0.3 is 0 Å². The lowest BCUT2D eigenvalue weighted by Gasteiger charge is -2.06. The highest BCUT2D eigenvalue weighted by molar-refractivity contribution is 6.68. The van der Waals surface area contributed by atoms with Crippen molar-refractivity contribution in [2.75, 3.05) is 7.11 Å². The molecule has 1 aromatic carbocycles. The molecule has 84 valence electrons. The highest BCUT2D eigenvalue weighted by Crippen LogP contribution is 2.29. The molecule has 1 aromatic rings. The van der Waals surface area contributed by atoms with Crippen LogP contribution in [0.4, 0.5) is 5.69 Å². The quantitative estimate of drug-likeness (QED) is 0.348. The van der Waals surface area contributed by atoms with Gasteiger partial charge in [-0.2, -0.15) is 0 Å². The van der Waals surface area contributed by atoms with Crippen molar-refractivity contribution in [3.8, 4) is 5.75 Å². The molecule has 16 heavy (non-hydrogen) atoms. The number of rotatable bonds is 4. The number of methoxy groups -OCH3 is 1. The van der Waals surface area contributed by atoms with Crippen molar-refractivity contribution in [3.05, 3.63) is 33.4 Å². The lowest BCUT2D eigenvalue weighted by atomic mass is 10.1. The highest BCUT2D eigenvalue weighted by atomic mass is 35.5. The second-order valence-electron chi connectivity index (χ2n) is 2.76. The third kappa shape index (κ3) is 2.17. The molecular weight excluding hydrogens is 238 g/mol. The van der Waals surface area contributed by atoms with Crippen LogP contribution in [0.25, 0.3) is 0 Å². The van der Waals surface area contributed by atoms with Gasteiger partial charge in [-0.25, -0.2) is 0 Å². The Bertz CT molecular complexity index is 471. The SMILES string of the molecule is COc1cc([N+](=O)[O-])cc(C=O)c1C(=O)Cl. The molecule has 7 heteroatoms. The van der Waals surface area contributed by atoms with Crippen molar-refractivity contribution in [2.24, 2.45) is 0 Å². The molecule has 0 saturated carbocycles. The Morgan fingerprint density at radius 3 is 2.56 bits per heavy atom. The van der Waals surface area contributed by atoms with Crippen LogP contribution in [0.2, 0.25) is 0 Å². The lowest BCUT2D eigenvalue weighted by Crippen LogP contribution is -2.03. The Kier molecular flexibility index (Phi) is 3.57. The molecule has 0 aliphatic heterocycles. The van der Waals surface area contributed by atoms with Gasteiger partial charge in [-0.15, -0.1) is 0 Å². The zero-order valence-corrected chi connectivity index (χ0v) is 8.85. The number of carbonyl (C=O) groups excluding carboxylic acids is 2. The predicted molar refractivity (Wildman–Crippen MR) is 55.2 cm³/mol. The molecule has 0 heterocycles. The monoisotopic (exact) mass is 243 g/mol. The molecule has 1 rings (SSSR count). The summed E-state index contributed by atoms with van der Waals surface area (Å²) in [6.07, 6.45) is 0.311. The largest absolute Gasteiger partial charge is 0.496 e. The van der Waals surface area contributed by atoms with Gasteiger partial charge in [0.05, 0.1) is 23.7 Å². The van der Waals surface area contributed by atoms with Crippen LogP contribution in [0.5, 0.6) is 5.75 Å². The van der Waals surface area contributed by atoms with E-state index in [-0.39, 0.29) is 22.6 Å². The Balaban J connectivity index is 3.55. The van der Waals surface area contributed by atoms with Crippen molar-refractivity contribution >= 4 is 28.8 Å². The van der Waals surface area contributed by atoms with Crippen molar-refractivity contribution in [1.82, 2.24) is 0 Å². The Hall–Kier alpha value is -1.95. The van der Waals surface area contributed by atoms with Crippen LogP contribution in [-0.4, -0.2) is 23.6 Å². The Labute approximate surface area is 94.9 Å². The molecule has 0 unspecified atom stereocenters. The molecule has 0 saturated heterocycles. The fourth-order valence-corrected chi connectivity index (χ4v) is 1.39. The molecule has 0 radical (unpaired) electrons. The van der Waals surface area contributed by atoms with Gasteiger partial charge in [-0.05, 0) is 11.6 Å². The van der Waals surface area contributed by atoms with Crippen LogP contribution in [0, 0.1) is 10.1 Å². The number of nitro benzene ring substituents is 1. The summed E-state index contributed by atoms with van der Waals surface area (Å²) in [6, 6.07) is 1.99. The molecule has 6 nitrogen and oxygen atoms in total. The fourth-order valence-electron chi connectivity index (χ4n) is 1.19. The molecule has 0 fully saturated rings. The number of hydrogen-bond acceptors (Lipinski definition) is 5. The van der Waals surface area contributed by atoms with Gasteiger partial charge in [-0.3, -0.25) is 19.7 Å². The molecule has 0 amide bonds. The van der Waals surface area contributed by atoms with Crippen LogP contribution in [0.3, 0.4) is 0 Å². The molecule has 0 aromatic heterocycles. The first-order valence-corrected chi connectivity index (χ1v) is 4.40. The minimum absolute atomic E-state index is 0.101. The van der Waals surface area contributed by atoms with Gasteiger partial charge in [0, 0.05) is 11.6 Å². The average molecular weight is 244 g/mol. The zero-order valence-electron chi connectivity index (χ0n) is 8.10. The van der Waals surface area contributed by atoms with Gasteiger partial charge in [0.1, 0.15) is 5.75 Å². The number of non-ortho nitro benzene ring substituents is 1. The molecule has 0 aliphatic carbocycles. The number of nitrogens with zero attached hydrogens (tertiary/aromatic N) is 1. The summed E-state index contributed by atoms with van der Waals surface area (Å²) in [5.74, 6) is -0.101. The fraction of sp³-hybridized carbons (Fsp3) is 0.111. The maximum atomic E-state index is 11.0. The van der Waals surface area contributed by atoms with E-state index in [0.29, 0.717) is 6.29 Å². The number of benzene rings is 1. The van der Waals surface area contributed by atoms with E-state index in [1.165, 1.54) is 7.11 Å². The molecule has 0 aliphatic rings. The third-order valence-electron chi connectivity index (χ3n) is 1.87. The third-order valence-corrected chi connectivity index (χ3v) is 2.06. The first kappa shape index (κ1) is 12.1. The maximum absolute atomic E-state index is 11.0. The van der Waals surface area contributed by atoms with Gasteiger partial charge in [-0.1, -0.05) is 0 Å². The van der Waals surface area contributed by atoms with Crippen molar-refractivity contribution in [2.45, 2.75) is 0 Å². The van der Waals surface area contributed by atoms with Gasteiger partial charge < -0.3 is 4.74 Å². The number of carbonyl (C=O) groups is 2. The van der Waals surface area contributed by atoms with E-state index in [1.807, 2.05) is 0 Å². The second-order valence-corrected chi connectivity index (χ2v) is 3.10. The maximum Gasteiger partial charge on any atom is 0.273 e. The van der Waals surface area contributed by atoms with Crippen molar-refractivity contribution in [3.63, 3.8) is 0 Å². The summed E-state index contributed by atoms with van der Waals surface area (Å²) < 4.78 is 4.77. The lowest BCUT2D eigenvalue weighted by molar-refractivity contribution is -0.384. The zero-order chi connectivity index (χ0) is 12.3. The first-order chi connectivity index (χ1) is 7.51. The first-order valence-electron chi connectivity index (χ1n) is 4.02. The van der Waals surface area contributed by atoms with E-state index in [4.69, 9.17) is 16.3 Å². The highest BCUT2D eigenvalue weighted by Gasteiger charge is 2.20. The number of nitro groups is 1. The second kappa shape index (κ2) is 4.71. The van der Waals surface area contributed by atoms with Crippen LogP contribution in [0.15, 0.2) is 12.1 Å². The van der Waals surface area contributed by atoms with E-state index >= 15 is 0 Å². The number of aldehydes is 1. The van der Waals surface area contributed by atoms with Crippen LogP contribution >= 0.6 is 11.6 Å². The minimum atomic E-state index is -0.908. The predicted octanol–water partition coefficient (Wildman–Crippen LogP) is 1.79. The Morgan fingerprint density at radius 2 is 2.19 bits per heavy atom. The van der Waals surface area contributed by atoms with Gasteiger partial charge in [0.15, 0.2) is 6.29 Å². The van der Waals surface area contributed by atoms with E-state index in [1.54, 1.807) is 0 Å². The normalized spacial score (nSPS) is 9.62. The van der Waals surface area contributed by atoms with Crippen molar-refractivity contribution in [1.29, 1.82) is 0 Å². The summed E-state index contributed by atoms with van der Waals surface area (Å²) in [6.45, 7) is 0. The standard InChI is InChI=1S/C9H6ClNO5/c1-16-7-3-6(11(14)15)2-5(4-12)8(7)9(10)13/h2-4H,1H3. The van der Waals surface area contributed by atoms with Crippen LogP contribution in [-0.2, 0) is 0 Å². The van der Waals surface area contributed by atoms with Gasteiger partial charge in [0.2, 0.25) is 0 Å². The molecule has 0 atom stereocenters. The number of ether oxygens (including phenoxy) is 1. The Morgan fingerprint density at radius 1 is 1.56 bits per heavy atom. The summed E-state index contributed by atoms with van der Waals surface area (Å²) in [5, 5.41) is 9.63. The minimum Gasteiger partial charge on any atom is -0.496 e. The summed E-state index contributed by atoms with van der Waals surface area (Å²) >= 11 is 5.26. The van der Waals surface area contributed by atoms with E-state index < -0.39 is 10.2 Å². The van der Waals surface area contributed by atoms with E-state index in [2.05, 4.69) is 0 Å². The summed E-state index contributed by atoms with van der Waals surface area (Å²) in [7, 11) is 1.22. The van der Waals surface area contributed by atoms with E-state index in [0.717, 1.165) is 12.1 Å². The summed E-state index contributed by atoms with van der Waals surface area (Å²) in [4.78, 5) is 31.6. The molecule has 0 spiro atoms. The van der Waals surface area contributed by atoms with E-state index in [9.17, 15) is 19.7 Å². The summed E-state index contributed by atoms with van der Waals surface area (Å²) in [5.41, 5.74) is -0.698.